The first-order valence-corrected chi connectivity index (χ1v) is 5.62. The highest BCUT2D eigenvalue weighted by atomic mass is 35.5. The van der Waals surface area contributed by atoms with Crippen LogP contribution >= 0.6 is 11.6 Å². The second-order valence-electron chi connectivity index (χ2n) is 3.86. The maximum Gasteiger partial charge on any atom is 0.326 e. The van der Waals surface area contributed by atoms with Gasteiger partial charge in [-0.1, -0.05) is 11.6 Å². The molecule has 1 aliphatic heterocycles. The summed E-state index contributed by atoms with van der Waals surface area (Å²) in [5, 5.41) is 9.30. The third kappa shape index (κ3) is 2.39. The molecule has 1 saturated heterocycles. The Labute approximate surface area is 103 Å². The average molecular weight is 255 g/mol. The summed E-state index contributed by atoms with van der Waals surface area (Å²) in [4.78, 5) is 28.2. The van der Waals surface area contributed by atoms with Crippen molar-refractivity contribution in [3.63, 3.8) is 0 Å². The SMILES string of the molecule is O=C(O)C1CCCN1C(=O)c1ccc(Cl)nc1. The van der Waals surface area contributed by atoms with Crippen molar-refractivity contribution in [2.24, 2.45) is 0 Å². The molecule has 0 spiro atoms. The van der Waals surface area contributed by atoms with E-state index in [-0.39, 0.29) is 5.91 Å². The number of rotatable bonds is 2. The highest BCUT2D eigenvalue weighted by molar-refractivity contribution is 6.29. The van der Waals surface area contributed by atoms with E-state index in [1.807, 2.05) is 0 Å². The molecule has 0 saturated carbocycles. The molecule has 1 aromatic rings. The van der Waals surface area contributed by atoms with Gasteiger partial charge in [-0.15, -0.1) is 0 Å². The summed E-state index contributed by atoms with van der Waals surface area (Å²) >= 11 is 5.63. The molecule has 0 radical (unpaired) electrons. The van der Waals surface area contributed by atoms with E-state index >= 15 is 0 Å². The van der Waals surface area contributed by atoms with Crippen molar-refractivity contribution in [1.29, 1.82) is 0 Å². The Kier molecular flexibility index (Phi) is 3.28. The molecule has 1 amide bonds. The number of likely N-dealkylation sites (tertiary alicyclic amines) is 1. The predicted octanol–water partition coefficient (Wildman–Crippen LogP) is 1.42. The maximum absolute atomic E-state index is 12.1. The zero-order valence-electron chi connectivity index (χ0n) is 8.97. The molecule has 17 heavy (non-hydrogen) atoms. The van der Waals surface area contributed by atoms with Crippen LogP contribution in [0.3, 0.4) is 0 Å². The molecule has 1 aliphatic rings. The smallest absolute Gasteiger partial charge is 0.326 e. The van der Waals surface area contributed by atoms with E-state index in [9.17, 15) is 9.59 Å². The fourth-order valence-electron chi connectivity index (χ4n) is 1.93. The molecular formula is C11H11ClN2O3. The van der Waals surface area contributed by atoms with Crippen LogP contribution in [0.2, 0.25) is 5.15 Å². The van der Waals surface area contributed by atoms with Crippen LogP contribution < -0.4 is 0 Å². The van der Waals surface area contributed by atoms with E-state index in [1.165, 1.54) is 17.2 Å². The van der Waals surface area contributed by atoms with Gasteiger partial charge in [0.1, 0.15) is 11.2 Å². The lowest BCUT2D eigenvalue weighted by atomic mass is 10.2. The molecule has 6 heteroatoms. The van der Waals surface area contributed by atoms with Crippen LogP contribution in [0.1, 0.15) is 23.2 Å². The Morgan fingerprint density at radius 3 is 2.82 bits per heavy atom. The minimum atomic E-state index is -0.960. The van der Waals surface area contributed by atoms with E-state index in [0.29, 0.717) is 30.1 Å². The Morgan fingerprint density at radius 2 is 2.24 bits per heavy atom. The van der Waals surface area contributed by atoms with Crippen molar-refractivity contribution in [1.82, 2.24) is 9.88 Å². The number of amides is 1. The fraction of sp³-hybridized carbons (Fsp3) is 0.364. The zero-order chi connectivity index (χ0) is 12.4. The van der Waals surface area contributed by atoms with Gasteiger partial charge in [-0.05, 0) is 25.0 Å². The quantitative estimate of drug-likeness (QED) is 0.811. The first kappa shape index (κ1) is 11.9. The number of carbonyl (C=O) groups excluding carboxylic acids is 1. The van der Waals surface area contributed by atoms with Gasteiger partial charge < -0.3 is 10.0 Å². The topological polar surface area (TPSA) is 70.5 Å². The highest BCUT2D eigenvalue weighted by Crippen LogP contribution is 2.20. The molecule has 1 unspecified atom stereocenters. The second kappa shape index (κ2) is 4.71. The first-order chi connectivity index (χ1) is 8.09. The largest absolute Gasteiger partial charge is 0.480 e. The van der Waals surface area contributed by atoms with Crippen molar-refractivity contribution in [2.45, 2.75) is 18.9 Å². The van der Waals surface area contributed by atoms with Gasteiger partial charge in [0.2, 0.25) is 0 Å². The van der Waals surface area contributed by atoms with Crippen molar-refractivity contribution < 1.29 is 14.7 Å². The maximum atomic E-state index is 12.1. The van der Waals surface area contributed by atoms with Crippen molar-refractivity contribution in [2.75, 3.05) is 6.54 Å². The Morgan fingerprint density at radius 1 is 1.47 bits per heavy atom. The van der Waals surface area contributed by atoms with Gasteiger partial charge in [0.25, 0.3) is 5.91 Å². The second-order valence-corrected chi connectivity index (χ2v) is 4.25. The summed E-state index contributed by atoms with van der Waals surface area (Å²) in [5.74, 6) is -1.27. The van der Waals surface area contributed by atoms with Crippen LogP contribution in [0.15, 0.2) is 18.3 Å². The number of carbonyl (C=O) groups is 2. The zero-order valence-corrected chi connectivity index (χ0v) is 9.72. The lowest BCUT2D eigenvalue weighted by Crippen LogP contribution is -2.40. The third-order valence-electron chi connectivity index (χ3n) is 2.77. The van der Waals surface area contributed by atoms with Crippen LogP contribution in [0.5, 0.6) is 0 Å². The van der Waals surface area contributed by atoms with Crippen LogP contribution in [-0.4, -0.2) is 39.5 Å². The molecule has 1 fully saturated rings. The number of aliphatic carboxylic acids is 1. The Balaban J connectivity index is 2.19. The van der Waals surface area contributed by atoms with Gasteiger partial charge in [-0.3, -0.25) is 4.79 Å². The molecule has 5 nitrogen and oxygen atoms in total. The molecule has 0 aliphatic carbocycles. The number of carboxylic acid groups (broad SMARTS) is 1. The van der Waals surface area contributed by atoms with E-state index < -0.39 is 12.0 Å². The summed E-state index contributed by atoms with van der Waals surface area (Å²) in [6.45, 7) is 0.471. The number of hydrogen-bond acceptors (Lipinski definition) is 3. The summed E-state index contributed by atoms with van der Waals surface area (Å²) in [6, 6.07) is 2.34. The molecule has 90 valence electrons. The molecular weight excluding hydrogens is 244 g/mol. The van der Waals surface area contributed by atoms with Gasteiger partial charge in [0.15, 0.2) is 0 Å². The van der Waals surface area contributed by atoms with Crippen molar-refractivity contribution in [3.8, 4) is 0 Å². The summed E-state index contributed by atoms with van der Waals surface area (Å²) in [6.07, 6.45) is 2.58. The molecule has 2 heterocycles. The normalized spacial score (nSPS) is 19.4. The van der Waals surface area contributed by atoms with Crippen LogP contribution in [0, 0.1) is 0 Å². The first-order valence-electron chi connectivity index (χ1n) is 5.25. The number of halogens is 1. The summed E-state index contributed by atoms with van der Waals surface area (Å²) in [5.41, 5.74) is 0.363. The van der Waals surface area contributed by atoms with Gasteiger partial charge in [0, 0.05) is 12.7 Å². The molecule has 0 bridgehead atoms. The summed E-state index contributed by atoms with van der Waals surface area (Å²) in [7, 11) is 0. The van der Waals surface area contributed by atoms with Gasteiger partial charge in [-0.25, -0.2) is 9.78 Å². The third-order valence-corrected chi connectivity index (χ3v) is 3.00. The van der Waals surface area contributed by atoms with Gasteiger partial charge >= 0.3 is 5.97 Å². The Bertz CT molecular complexity index is 447. The van der Waals surface area contributed by atoms with Crippen molar-refractivity contribution >= 4 is 23.5 Å². The average Bonchev–Trinajstić information content (AvgIpc) is 2.78. The number of nitrogens with zero attached hydrogens (tertiary/aromatic N) is 2. The highest BCUT2D eigenvalue weighted by Gasteiger charge is 2.34. The van der Waals surface area contributed by atoms with Gasteiger partial charge in [0.05, 0.1) is 5.56 Å². The lowest BCUT2D eigenvalue weighted by Gasteiger charge is -2.21. The van der Waals surface area contributed by atoms with E-state index in [1.54, 1.807) is 6.07 Å². The number of carboxylic acids is 1. The molecule has 0 aromatic carbocycles. The van der Waals surface area contributed by atoms with E-state index in [2.05, 4.69) is 4.98 Å². The number of hydrogen-bond donors (Lipinski definition) is 1. The standard InChI is InChI=1S/C11H11ClN2O3/c12-9-4-3-7(6-13-9)10(15)14-5-1-2-8(14)11(16)17/h3-4,6,8H,1-2,5H2,(H,16,17). The van der Waals surface area contributed by atoms with Crippen LogP contribution in [0.25, 0.3) is 0 Å². The number of aromatic nitrogens is 1. The molecule has 2 rings (SSSR count). The van der Waals surface area contributed by atoms with Crippen molar-refractivity contribution in [3.05, 3.63) is 29.0 Å². The molecule has 1 aromatic heterocycles. The van der Waals surface area contributed by atoms with E-state index in [0.717, 1.165) is 0 Å². The predicted molar refractivity (Wildman–Crippen MR) is 60.9 cm³/mol. The minimum absolute atomic E-state index is 0.303. The van der Waals surface area contributed by atoms with Gasteiger partial charge in [-0.2, -0.15) is 0 Å². The number of pyridine rings is 1. The van der Waals surface area contributed by atoms with Crippen LogP contribution in [0.4, 0.5) is 0 Å². The minimum Gasteiger partial charge on any atom is -0.480 e. The van der Waals surface area contributed by atoms with Crippen LogP contribution in [-0.2, 0) is 4.79 Å². The molecule has 1 N–H and O–H groups in total. The molecule has 1 atom stereocenters. The van der Waals surface area contributed by atoms with E-state index in [4.69, 9.17) is 16.7 Å². The monoisotopic (exact) mass is 254 g/mol. The summed E-state index contributed by atoms with van der Waals surface area (Å²) < 4.78 is 0. The fourth-order valence-corrected chi connectivity index (χ4v) is 2.05. The lowest BCUT2D eigenvalue weighted by molar-refractivity contribution is -0.141. The Hall–Kier alpha value is -1.62.